The fraction of sp³-hybridized carbons (Fsp3) is 0.333. The lowest BCUT2D eigenvalue weighted by molar-refractivity contribution is -0.385. The van der Waals surface area contributed by atoms with Gasteiger partial charge in [-0.3, -0.25) is 10.1 Å². The van der Waals surface area contributed by atoms with Crippen molar-refractivity contribution in [2.45, 2.75) is 32.9 Å². The number of nitrogens with zero attached hydrogens (tertiary/aromatic N) is 1. The van der Waals surface area contributed by atoms with E-state index in [4.69, 9.17) is 18.9 Å². The molecule has 3 rings (SSSR count). The van der Waals surface area contributed by atoms with Gasteiger partial charge in [0.1, 0.15) is 5.75 Å². The van der Waals surface area contributed by atoms with E-state index in [9.17, 15) is 19.7 Å². The van der Waals surface area contributed by atoms with Crippen molar-refractivity contribution < 1.29 is 33.5 Å². The lowest BCUT2D eigenvalue weighted by atomic mass is 9.92. The van der Waals surface area contributed by atoms with Crippen LogP contribution in [0.1, 0.15) is 37.9 Å². The predicted molar refractivity (Wildman–Crippen MR) is 126 cm³/mol. The third-order valence-electron chi connectivity index (χ3n) is 5.10. The molecule has 0 saturated heterocycles. The first-order chi connectivity index (χ1) is 16.7. The number of ether oxygens (including phenoxy) is 4. The normalized spacial score (nSPS) is 15.3. The number of nitrogens with one attached hydrogen (secondary N) is 2. The van der Waals surface area contributed by atoms with Gasteiger partial charge >= 0.3 is 17.7 Å². The fourth-order valence-electron chi connectivity index (χ4n) is 3.68. The summed E-state index contributed by atoms with van der Waals surface area (Å²) in [6, 6.07) is 7.80. The van der Waals surface area contributed by atoms with Gasteiger partial charge in [0.05, 0.1) is 49.2 Å². The second-order valence-corrected chi connectivity index (χ2v) is 7.76. The molecule has 2 N–H and O–H groups in total. The summed E-state index contributed by atoms with van der Waals surface area (Å²) in [6.45, 7) is 5.32. The number of nitro groups is 1. The molecule has 0 radical (unpaired) electrons. The Hall–Kier alpha value is -4.28. The van der Waals surface area contributed by atoms with Gasteiger partial charge in [0.15, 0.2) is 5.75 Å². The van der Waals surface area contributed by atoms with Gasteiger partial charge in [0.2, 0.25) is 5.75 Å². The van der Waals surface area contributed by atoms with Gasteiger partial charge in [-0.05, 0) is 62.2 Å². The fourth-order valence-corrected chi connectivity index (χ4v) is 3.68. The topological polar surface area (TPSA) is 138 Å². The number of benzene rings is 2. The summed E-state index contributed by atoms with van der Waals surface area (Å²) >= 11 is 0. The van der Waals surface area contributed by atoms with Gasteiger partial charge in [0, 0.05) is 6.07 Å². The molecule has 1 heterocycles. The number of carbonyl (C=O) groups is 2. The molecule has 0 aromatic heterocycles. The minimum atomic E-state index is -1.07. The molecular weight excluding hydrogens is 458 g/mol. The van der Waals surface area contributed by atoms with Gasteiger partial charge < -0.3 is 29.6 Å². The Kier molecular flexibility index (Phi) is 7.80. The van der Waals surface area contributed by atoms with E-state index in [0.29, 0.717) is 11.3 Å². The third-order valence-corrected chi connectivity index (χ3v) is 5.10. The number of hydrogen-bond acceptors (Lipinski definition) is 8. The van der Waals surface area contributed by atoms with Crippen LogP contribution in [0.25, 0.3) is 5.70 Å². The zero-order valence-electron chi connectivity index (χ0n) is 20.0. The molecule has 0 saturated carbocycles. The molecule has 11 nitrogen and oxygen atoms in total. The number of amides is 2. The molecule has 2 aromatic rings. The number of rotatable bonds is 9. The number of hydrogen-bond donors (Lipinski definition) is 2. The molecule has 1 unspecified atom stereocenters. The Morgan fingerprint density at radius 3 is 2.37 bits per heavy atom. The SMILES string of the molecule is CCOc1cc(C2NC(=O)NC(c3ccc(OC)cc3)=C2C(=O)OC(C)C)cc([N+](=O)[O-])c1OC. The highest BCUT2D eigenvalue weighted by atomic mass is 16.6. The van der Waals surface area contributed by atoms with Crippen LogP contribution in [0.4, 0.5) is 10.5 Å². The van der Waals surface area contributed by atoms with Crippen LogP contribution in [0.3, 0.4) is 0 Å². The number of methoxy groups -OCH3 is 2. The van der Waals surface area contributed by atoms with E-state index in [1.165, 1.54) is 26.4 Å². The lowest BCUT2D eigenvalue weighted by Gasteiger charge is -2.30. The van der Waals surface area contributed by atoms with E-state index in [0.717, 1.165) is 0 Å². The van der Waals surface area contributed by atoms with Crippen LogP contribution in [0, 0.1) is 10.1 Å². The van der Waals surface area contributed by atoms with Crippen molar-refractivity contribution in [3.63, 3.8) is 0 Å². The maximum absolute atomic E-state index is 13.3. The van der Waals surface area contributed by atoms with Crippen molar-refractivity contribution in [1.29, 1.82) is 0 Å². The Balaban J connectivity index is 2.27. The summed E-state index contributed by atoms with van der Waals surface area (Å²) in [6.07, 6.45) is -0.449. The highest BCUT2D eigenvalue weighted by Gasteiger charge is 2.37. The van der Waals surface area contributed by atoms with Gasteiger partial charge in [-0.15, -0.1) is 0 Å². The molecule has 1 aliphatic heterocycles. The minimum Gasteiger partial charge on any atom is -0.497 e. The molecule has 0 aliphatic carbocycles. The summed E-state index contributed by atoms with van der Waals surface area (Å²) in [4.78, 5) is 37.1. The van der Waals surface area contributed by atoms with Crippen molar-refractivity contribution >= 4 is 23.4 Å². The van der Waals surface area contributed by atoms with Crippen LogP contribution in [-0.2, 0) is 9.53 Å². The number of nitro benzene ring substituents is 1. The largest absolute Gasteiger partial charge is 0.497 e. The van der Waals surface area contributed by atoms with Crippen molar-refractivity contribution in [2.24, 2.45) is 0 Å². The minimum absolute atomic E-state index is 0.0634. The molecule has 2 aromatic carbocycles. The first-order valence-electron chi connectivity index (χ1n) is 10.9. The standard InChI is InChI=1S/C24H27N3O8/c1-6-34-18-12-15(11-17(27(30)31)22(18)33-5)21-19(23(28)35-13(2)3)20(25-24(29)26-21)14-7-9-16(32-4)10-8-14/h7-13,21H,6H2,1-5H3,(H2,25,26,29). The number of urea groups is 1. The average molecular weight is 485 g/mol. The molecule has 0 bridgehead atoms. The van der Waals surface area contributed by atoms with E-state index in [1.54, 1.807) is 45.0 Å². The zero-order valence-corrected chi connectivity index (χ0v) is 20.0. The zero-order chi connectivity index (χ0) is 25.7. The van der Waals surface area contributed by atoms with Crippen LogP contribution in [0.2, 0.25) is 0 Å². The Morgan fingerprint density at radius 1 is 1.14 bits per heavy atom. The molecule has 11 heteroatoms. The maximum Gasteiger partial charge on any atom is 0.338 e. The van der Waals surface area contributed by atoms with Gasteiger partial charge in [-0.25, -0.2) is 9.59 Å². The van der Waals surface area contributed by atoms with Crippen molar-refractivity contribution in [1.82, 2.24) is 10.6 Å². The van der Waals surface area contributed by atoms with E-state index in [2.05, 4.69) is 10.6 Å². The summed E-state index contributed by atoms with van der Waals surface area (Å²) in [5.41, 5.74) is 0.685. The number of esters is 1. The summed E-state index contributed by atoms with van der Waals surface area (Å²) in [5.74, 6) is -0.0644. The molecule has 35 heavy (non-hydrogen) atoms. The monoisotopic (exact) mass is 485 g/mol. The molecule has 186 valence electrons. The lowest BCUT2D eigenvalue weighted by Crippen LogP contribution is -2.45. The summed E-state index contributed by atoms with van der Waals surface area (Å²) < 4.78 is 21.4. The molecular formula is C24H27N3O8. The van der Waals surface area contributed by atoms with Crippen LogP contribution < -0.4 is 24.8 Å². The Bertz CT molecular complexity index is 1160. The molecule has 1 atom stereocenters. The van der Waals surface area contributed by atoms with Gasteiger partial charge in [-0.1, -0.05) is 0 Å². The van der Waals surface area contributed by atoms with E-state index >= 15 is 0 Å². The second-order valence-electron chi connectivity index (χ2n) is 7.76. The Morgan fingerprint density at radius 2 is 1.83 bits per heavy atom. The third kappa shape index (κ3) is 5.45. The van der Waals surface area contributed by atoms with E-state index < -0.39 is 29.1 Å². The Labute approximate surface area is 202 Å². The van der Waals surface area contributed by atoms with E-state index in [-0.39, 0.29) is 40.6 Å². The second kappa shape index (κ2) is 10.8. The van der Waals surface area contributed by atoms with Crippen molar-refractivity contribution in [3.05, 3.63) is 63.2 Å². The van der Waals surface area contributed by atoms with Crippen molar-refractivity contribution in [2.75, 3.05) is 20.8 Å². The van der Waals surface area contributed by atoms with Crippen LogP contribution in [0.15, 0.2) is 42.0 Å². The first-order valence-corrected chi connectivity index (χ1v) is 10.9. The average Bonchev–Trinajstić information content (AvgIpc) is 2.82. The number of carbonyl (C=O) groups excluding carboxylic acids is 2. The highest BCUT2D eigenvalue weighted by molar-refractivity contribution is 6.04. The highest BCUT2D eigenvalue weighted by Crippen LogP contribution is 2.42. The quantitative estimate of drug-likeness (QED) is 0.311. The first kappa shape index (κ1) is 25.3. The molecule has 0 fully saturated rings. The smallest absolute Gasteiger partial charge is 0.338 e. The van der Waals surface area contributed by atoms with Crippen LogP contribution in [0.5, 0.6) is 17.2 Å². The van der Waals surface area contributed by atoms with Crippen molar-refractivity contribution in [3.8, 4) is 17.2 Å². The van der Waals surface area contributed by atoms with Gasteiger partial charge in [-0.2, -0.15) is 0 Å². The summed E-state index contributed by atoms with van der Waals surface area (Å²) in [7, 11) is 2.82. The van der Waals surface area contributed by atoms with E-state index in [1.807, 2.05) is 0 Å². The predicted octanol–water partition coefficient (Wildman–Crippen LogP) is 3.73. The molecule has 2 amide bonds. The summed E-state index contributed by atoms with van der Waals surface area (Å²) in [5, 5.41) is 17.2. The maximum atomic E-state index is 13.3. The van der Waals surface area contributed by atoms with Crippen LogP contribution >= 0.6 is 0 Å². The van der Waals surface area contributed by atoms with Crippen LogP contribution in [-0.4, -0.2) is 43.9 Å². The molecule has 0 spiro atoms. The van der Waals surface area contributed by atoms with Gasteiger partial charge in [0.25, 0.3) is 0 Å². The molecule has 1 aliphatic rings.